The summed E-state index contributed by atoms with van der Waals surface area (Å²) >= 11 is 0. The van der Waals surface area contributed by atoms with E-state index in [2.05, 4.69) is 16.9 Å². The maximum absolute atomic E-state index is 13.6. The molecule has 0 spiro atoms. The van der Waals surface area contributed by atoms with Crippen LogP contribution in [0, 0.1) is 0 Å². The SMILES string of the molecule is Cl.Cn1c2c(c3cc(S(=O)(=O)c4cccc5ccccc45)ccc31)C1CCC(C2)N1. The number of nitrogens with zero attached hydrogens (tertiary/aromatic N) is 1. The number of aryl methyl sites for hydroxylation is 1. The molecule has 6 heteroatoms. The summed E-state index contributed by atoms with van der Waals surface area (Å²) in [6.07, 6.45) is 3.33. The summed E-state index contributed by atoms with van der Waals surface area (Å²) in [7, 11) is -1.52. The predicted octanol–water partition coefficient (Wildman–Crippen LogP) is 4.94. The van der Waals surface area contributed by atoms with Gasteiger partial charge in [0.05, 0.1) is 9.79 Å². The zero-order valence-electron chi connectivity index (χ0n) is 16.6. The smallest absolute Gasteiger partial charge is 0.207 e. The van der Waals surface area contributed by atoms with E-state index < -0.39 is 9.84 Å². The van der Waals surface area contributed by atoms with Crippen LogP contribution in [-0.4, -0.2) is 19.0 Å². The average Bonchev–Trinajstić information content (AvgIpc) is 3.26. The maximum atomic E-state index is 13.6. The van der Waals surface area contributed by atoms with Gasteiger partial charge in [-0.3, -0.25) is 0 Å². The monoisotopic (exact) mass is 438 g/mol. The zero-order valence-corrected chi connectivity index (χ0v) is 18.3. The number of fused-ring (bicyclic) bond motifs is 7. The van der Waals surface area contributed by atoms with Crippen molar-refractivity contribution in [1.29, 1.82) is 0 Å². The van der Waals surface area contributed by atoms with Gasteiger partial charge in [-0.1, -0.05) is 36.4 Å². The topological polar surface area (TPSA) is 51.1 Å². The van der Waals surface area contributed by atoms with E-state index in [1.54, 1.807) is 12.1 Å². The number of nitrogens with one attached hydrogen (secondary N) is 1. The molecule has 2 atom stereocenters. The molecule has 6 rings (SSSR count). The van der Waals surface area contributed by atoms with Gasteiger partial charge in [0.1, 0.15) is 0 Å². The minimum Gasteiger partial charge on any atom is -0.347 e. The lowest BCUT2D eigenvalue weighted by Gasteiger charge is -2.23. The molecule has 0 radical (unpaired) electrons. The number of aromatic nitrogens is 1. The Bertz CT molecular complexity index is 1400. The molecule has 1 aromatic heterocycles. The lowest BCUT2D eigenvalue weighted by molar-refractivity contribution is 0.503. The lowest BCUT2D eigenvalue weighted by Crippen LogP contribution is -2.32. The first kappa shape index (κ1) is 19.6. The first-order valence-corrected chi connectivity index (χ1v) is 11.6. The Morgan fingerprint density at radius 3 is 2.63 bits per heavy atom. The van der Waals surface area contributed by atoms with Crippen molar-refractivity contribution >= 4 is 43.9 Å². The van der Waals surface area contributed by atoms with Crippen LogP contribution in [0.5, 0.6) is 0 Å². The van der Waals surface area contributed by atoms with E-state index in [0.717, 1.165) is 34.5 Å². The van der Waals surface area contributed by atoms with Crippen LogP contribution in [0.1, 0.15) is 30.1 Å². The Morgan fingerprint density at radius 2 is 1.77 bits per heavy atom. The molecule has 1 fully saturated rings. The van der Waals surface area contributed by atoms with Gasteiger partial charge in [-0.05, 0) is 48.1 Å². The van der Waals surface area contributed by atoms with Crippen LogP contribution in [0.2, 0.25) is 0 Å². The highest BCUT2D eigenvalue weighted by Crippen LogP contribution is 2.42. The maximum Gasteiger partial charge on any atom is 0.207 e. The molecule has 1 N–H and O–H groups in total. The molecule has 2 bridgehead atoms. The van der Waals surface area contributed by atoms with Gasteiger partial charge in [0.25, 0.3) is 0 Å². The predicted molar refractivity (Wildman–Crippen MR) is 122 cm³/mol. The van der Waals surface area contributed by atoms with E-state index >= 15 is 0 Å². The Labute approximate surface area is 182 Å². The first-order chi connectivity index (χ1) is 14.0. The molecule has 0 aliphatic carbocycles. The second-order valence-electron chi connectivity index (χ2n) is 8.28. The lowest BCUT2D eigenvalue weighted by atomic mass is 9.99. The summed E-state index contributed by atoms with van der Waals surface area (Å²) in [6.45, 7) is 0. The summed E-state index contributed by atoms with van der Waals surface area (Å²) in [5.41, 5.74) is 3.76. The quantitative estimate of drug-likeness (QED) is 0.482. The van der Waals surface area contributed by atoms with Crippen molar-refractivity contribution in [1.82, 2.24) is 9.88 Å². The average molecular weight is 439 g/mol. The Kier molecular flexibility index (Phi) is 4.47. The highest BCUT2D eigenvalue weighted by atomic mass is 35.5. The van der Waals surface area contributed by atoms with Crippen molar-refractivity contribution < 1.29 is 8.42 Å². The van der Waals surface area contributed by atoms with E-state index in [1.165, 1.54) is 17.7 Å². The van der Waals surface area contributed by atoms with Crippen molar-refractivity contribution in [3.05, 3.63) is 71.9 Å². The first-order valence-electron chi connectivity index (χ1n) is 10.1. The van der Waals surface area contributed by atoms with E-state index in [4.69, 9.17) is 0 Å². The van der Waals surface area contributed by atoms with Crippen LogP contribution in [0.25, 0.3) is 21.7 Å². The van der Waals surface area contributed by atoms with Gasteiger partial charge < -0.3 is 9.88 Å². The van der Waals surface area contributed by atoms with Crippen molar-refractivity contribution in [3.63, 3.8) is 0 Å². The highest BCUT2D eigenvalue weighted by Gasteiger charge is 2.36. The number of benzene rings is 3. The van der Waals surface area contributed by atoms with Gasteiger partial charge >= 0.3 is 0 Å². The molecule has 1 saturated heterocycles. The molecule has 4 aromatic rings. The van der Waals surface area contributed by atoms with Crippen molar-refractivity contribution in [2.45, 2.75) is 41.1 Å². The Hall–Kier alpha value is -2.34. The van der Waals surface area contributed by atoms with Crippen molar-refractivity contribution in [2.75, 3.05) is 0 Å². The second kappa shape index (κ2) is 6.84. The molecule has 0 amide bonds. The van der Waals surface area contributed by atoms with Crippen LogP contribution in [0.15, 0.2) is 70.5 Å². The fourth-order valence-corrected chi connectivity index (χ4v) is 6.81. The summed E-state index contributed by atoms with van der Waals surface area (Å²) in [4.78, 5) is 0.744. The molecule has 4 nitrogen and oxygen atoms in total. The molecule has 3 aromatic carbocycles. The Balaban J connectivity index is 0.00000193. The van der Waals surface area contributed by atoms with Gasteiger partial charge in [0, 0.05) is 47.5 Å². The summed E-state index contributed by atoms with van der Waals surface area (Å²) in [5, 5.41) is 6.48. The number of hydrogen-bond acceptors (Lipinski definition) is 3. The molecule has 2 unspecified atom stereocenters. The molecule has 0 saturated carbocycles. The third-order valence-corrected chi connectivity index (χ3v) is 8.52. The summed E-state index contributed by atoms with van der Waals surface area (Å²) in [6, 6.07) is 19.7. The van der Waals surface area contributed by atoms with Gasteiger partial charge in [0.2, 0.25) is 9.84 Å². The summed E-state index contributed by atoms with van der Waals surface area (Å²) < 4.78 is 29.5. The van der Waals surface area contributed by atoms with Gasteiger partial charge in [-0.15, -0.1) is 12.4 Å². The molecule has 2 aliphatic rings. The minimum atomic E-state index is -3.62. The van der Waals surface area contributed by atoms with Crippen LogP contribution < -0.4 is 5.32 Å². The standard InChI is InChI=1S/C24H22N2O2S.ClH/c1-26-21-12-10-17(14-19(21)24-20-11-9-16(25-20)13-22(24)26)29(27,28)23-8-4-6-15-5-2-3-7-18(15)23;/h2-8,10,12,14,16,20,25H,9,11,13H2,1H3;1H. The van der Waals surface area contributed by atoms with Crippen LogP contribution in [-0.2, 0) is 23.3 Å². The molecular weight excluding hydrogens is 416 g/mol. The molecule has 3 heterocycles. The van der Waals surface area contributed by atoms with Gasteiger partial charge in [-0.25, -0.2) is 8.42 Å². The molecule has 154 valence electrons. The van der Waals surface area contributed by atoms with Crippen LogP contribution in [0.4, 0.5) is 0 Å². The zero-order chi connectivity index (χ0) is 19.8. The Morgan fingerprint density at radius 1 is 0.967 bits per heavy atom. The van der Waals surface area contributed by atoms with Crippen molar-refractivity contribution in [2.24, 2.45) is 7.05 Å². The van der Waals surface area contributed by atoms with E-state index in [1.807, 2.05) is 48.5 Å². The largest absolute Gasteiger partial charge is 0.347 e. The van der Waals surface area contributed by atoms with Crippen LogP contribution >= 0.6 is 12.4 Å². The molecule has 2 aliphatic heterocycles. The van der Waals surface area contributed by atoms with Gasteiger partial charge in [0.15, 0.2) is 0 Å². The summed E-state index contributed by atoms with van der Waals surface area (Å²) in [5.74, 6) is 0. The third-order valence-electron chi connectivity index (χ3n) is 6.71. The number of sulfone groups is 1. The normalized spacial score (nSPS) is 20.3. The van der Waals surface area contributed by atoms with Crippen molar-refractivity contribution in [3.8, 4) is 0 Å². The molecule has 30 heavy (non-hydrogen) atoms. The van der Waals surface area contributed by atoms with E-state index in [-0.39, 0.29) is 12.4 Å². The fourth-order valence-electron chi connectivity index (χ4n) is 5.31. The number of rotatable bonds is 2. The highest BCUT2D eigenvalue weighted by molar-refractivity contribution is 7.91. The van der Waals surface area contributed by atoms with E-state index in [9.17, 15) is 8.42 Å². The fraction of sp³-hybridized carbons (Fsp3) is 0.250. The van der Waals surface area contributed by atoms with Gasteiger partial charge in [-0.2, -0.15) is 0 Å². The number of hydrogen-bond donors (Lipinski definition) is 1. The van der Waals surface area contributed by atoms with E-state index in [0.29, 0.717) is 21.9 Å². The third kappa shape index (κ3) is 2.66. The number of halogens is 1. The second-order valence-corrected chi connectivity index (χ2v) is 10.2. The molecular formula is C24H23ClN2O2S. The van der Waals surface area contributed by atoms with Crippen LogP contribution in [0.3, 0.4) is 0 Å². The minimum absolute atomic E-state index is 0.